The van der Waals surface area contributed by atoms with Gasteiger partial charge in [0.1, 0.15) is 5.75 Å². The number of aryl methyl sites for hydroxylation is 2. The minimum atomic E-state index is -1.26. The zero-order valence-electron chi connectivity index (χ0n) is 28.3. The third-order valence-corrected chi connectivity index (χ3v) is 8.70. The number of nitrogens with zero attached hydrogens (tertiary/aromatic N) is 2. The van der Waals surface area contributed by atoms with Gasteiger partial charge in [0, 0.05) is 58.7 Å². The van der Waals surface area contributed by atoms with Crippen LogP contribution in [0.25, 0.3) is 10.9 Å². The largest absolute Gasteiger partial charge is 0.494 e. The number of fused-ring (bicyclic) bond motifs is 1. The summed E-state index contributed by atoms with van der Waals surface area (Å²) in [5, 5.41) is 17.0. The Hall–Kier alpha value is -4.41. The van der Waals surface area contributed by atoms with Crippen LogP contribution in [0.1, 0.15) is 43.0 Å². The van der Waals surface area contributed by atoms with Crippen LogP contribution in [0.5, 0.6) is 17.2 Å². The number of hydrogen-bond donors (Lipinski definition) is 2. The summed E-state index contributed by atoms with van der Waals surface area (Å²) in [7, 11) is 7.68. The van der Waals surface area contributed by atoms with E-state index in [1.54, 1.807) is 14.2 Å². The Morgan fingerprint density at radius 1 is 0.936 bits per heavy atom. The predicted molar refractivity (Wildman–Crippen MR) is 188 cm³/mol. The normalized spacial score (nSPS) is 11.2. The fourth-order valence-electron chi connectivity index (χ4n) is 5.25. The fraction of sp³-hybridized carbons (Fsp3) is 0.351. The van der Waals surface area contributed by atoms with Gasteiger partial charge in [0.25, 0.3) is 0 Å². The minimum absolute atomic E-state index is 0.448. The number of aromatic nitrogens is 1. The first-order valence-electron chi connectivity index (χ1n) is 15.5. The van der Waals surface area contributed by atoms with E-state index in [9.17, 15) is 9.59 Å². The maximum Gasteiger partial charge on any atom is 0.328 e. The molecule has 0 unspecified atom stereocenters. The van der Waals surface area contributed by atoms with Crippen molar-refractivity contribution in [3.8, 4) is 17.2 Å². The predicted octanol–water partition coefficient (Wildman–Crippen LogP) is 7.43. The van der Waals surface area contributed by atoms with Crippen LogP contribution in [-0.2, 0) is 23.1 Å². The van der Waals surface area contributed by atoms with E-state index in [4.69, 9.17) is 24.4 Å². The molecule has 0 radical (unpaired) electrons. The van der Waals surface area contributed by atoms with Crippen molar-refractivity contribution in [1.29, 1.82) is 0 Å². The maximum absolute atomic E-state index is 9.55. The topological polar surface area (TPSA) is 110 Å². The molecule has 0 saturated carbocycles. The molecule has 4 aromatic rings. The molecule has 0 aliphatic heterocycles. The molecule has 0 bridgehead atoms. The van der Waals surface area contributed by atoms with E-state index in [0.29, 0.717) is 24.7 Å². The molecular formula is C37H46N2O7S. The number of carbonyl (C=O) groups is 2. The Kier molecular flexibility index (Phi) is 14.2. The van der Waals surface area contributed by atoms with E-state index in [0.717, 1.165) is 43.2 Å². The monoisotopic (exact) mass is 662 g/mol. The molecule has 0 atom stereocenters. The molecule has 9 nitrogen and oxygen atoms in total. The molecule has 0 fully saturated rings. The van der Waals surface area contributed by atoms with Crippen molar-refractivity contribution < 1.29 is 34.0 Å². The summed E-state index contributed by atoms with van der Waals surface area (Å²) in [4.78, 5) is 24.1. The number of hydrogen-bond acceptors (Lipinski definition) is 7. The average molecular weight is 663 g/mol. The third-order valence-electron chi connectivity index (χ3n) is 7.58. The zero-order valence-corrected chi connectivity index (χ0v) is 29.1. The number of carboxylic acids is 2. The summed E-state index contributed by atoms with van der Waals surface area (Å²) < 4.78 is 19.2. The Morgan fingerprint density at radius 2 is 1.60 bits per heavy atom. The quantitative estimate of drug-likeness (QED) is 0.0992. The molecule has 0 aliphatic carbocycles. The highest BCUT2D eigenvalue weighted by Crippen LogP contribution is 2.42. The van der Waals surface area contributed by atoms with Gasteiger partial charge in [-0.2, -0.15) is 0 Å². The molecule has 252 valence electrons. The van der Waals surface area contributed by atoms with Gasteiger partial charge in [-0.05, 0) is 86.3 Å². The van der Waals surface area contributed by atoms with Gasteiger partial charge in [-0.1, -0.05) is 43.8 Å². The first-order chi connectivity index (χ1) is 22.4. The SMILES string of the molecule is COc1ccc(CCN(C)CCCOc2ccc(Sc3c(C(C)C)n(C)c4cccc(C)c34)cc2)cc1OC.O=C(O)/C=C/C(=O)O. The van der Waals surface area contributed by atoms with E-state index in [2.05, 4.69) is 98.9 Å². The van der Waals surface area contributed by atoms with E-state index in [1.807, 2.05) is 17.8 Å². The second kappa shape index (κ2) is 18.1. The van der Waals surface area contributed by atoms with Gasteiger partial charge in [-0.3, -0.25) is 0 Å². The number of likely N-dealkylation sites (N-methyl/N-ethyl adjacent to an activating group) is 1. The summed E-state index contributed by atoms with van der Waals surface area (Å²) in [6, 6.07) is 21.3. The van der Waals surface area contributed by atoms with Crippen molar-refractivity contribution in [2.45, 2.75) is 49.3 Å². The van der Waals surface area contributed by atoms with Crippen molar-refractivity contribution in [2.24, 2.45) is 7.05 Å². The highest BCUT2D eigenvalue weighted by molar-refractivity contribution is 7.99. The molecule has 1 aromatic heterocycles. The Balaban J connectivity index is 0.000000665. The van der Waals surface area contributed by atoms with Gasteiger partial charge in [0.2, 0.25) is 0 Å². The molecular weight excluding hydrogens is 616 g/mol. The Labute approximate surface area is 281 Å². The molecule has 2 N–H and O–H groups in total. The van der Waals surface area contributed by atoms with Crippen LogP contribution in [-0.4, -0.2) is 72.6 Å². The second-order valence-electron chi connectivity index (χ2n) is 11.4. The van der Waals surface area contributed by atoms with Crippen LogP contribution < -0.4 is 14.2 Å². The van der Waals surface area contributed by atoms with Crippen LogP contribution in [0.3, 0.4) is 0 Å². The highest BCUT2D eigenvalue weighted by Gasteiger charge is 2.20. The second-order valence-corrected chi connectivity index (χ2v) is 12.5. The average Bonchev–Trinajstić information content (AvgIpc) is 3.33. The third kappa shape index (κ3) is 10.8. The number of aliphatic carboxylic acids is 2. The molecule has 0 spiro atoms. The van der Waals surface area contributed by atoms with Gasteiger partial charge >= 0.3 is 11.9 Å². The van der Waals surface area contributed by atoms with Gasteiger partial charge < -0.3 is 33.9 Å². The summed E-state index contributed by atoms with van der Waals surface area (Å²) >= 11 is 1.86. The van der Waals surface area contributed by atoms with Crippen LogP contribution >= 0.6 is 11.8 Å². The first kappa shape index (κ1) is 37.1. The number of ether oxygens (including phenoxy) is 3. The summed E-state index contributed by atoms with van der Waals surface area (Å²) in [6.45, 7) is 9.43. The number of rotatable bonds is 15. The van der Waals surface area contributed by atoms with Crippen molar-refractivity contribution in [3.63, 3.8) is 0 Å². The Bertz CT molecular complexity index is 1650. The molecule has 47 heavy (non-hydrogen) atoms. The fourth-order valence-corrected chi connectivity index (χ4v) is 6.60. The molecule has 10 heteroatoms. The lowest BCUT2D eigenvalue weighted by Gasteiger charge is -2.17. The lowest BCUT2D eigenvalue weighted by atomic mass is 10.1. The molecule has 3 aromatic carbocycles. The molecule has 0 saturated heterocycles. The first-order valence-corrected chi connectivity index (χ1v) is 16.3. The van der Waals surface area contributed by atoms with E-state index < -0.39 is 11.9 Å². The molecule has 4 rings (SSSR count). The summed E-state index contributed by atoms with van der Waals surface area (Å²) in [6.07, 6.45) is 3.06. The lowest BCUT2D eigenvalue weighted by Crippen LogP contribution is -2.23. The highest BCUT2D eigenvalue weighted by atomic mass is 32.2. The summed E-state index contributed by atoms with van der Waals surface area (Å²) in [5.41, 5.74) is 5.26. The van der Waals surface area contributed by atoms with Gasteiger partial charge in [0.15, 0.2) is 11.5 Å². The standard InChI is InChI=1S/C33H42N2O3S.C4H4O4/c1-23(2)32-33(31-24(3)10-8-11-28(31)35(32)5)39-27-15-13-26(14-16-27)38-21-9-19-34(4)20-18-25-12-17-29(36-6)30(22-25)37-7;5-3(6)1-2-4(7)8/h8,10-17,22-23H,9,18-21H2,1-7H3;1-2H,(H,5,6)(H,7,8)/b;2-1+. The van der Waals surface area contributed by atoms with Gasteiger partial charge in [-0.25, -0.2) is 9.59 Å². The van der Waals surface area contributed by atoms with E-state index in [1.165, 1.54) is 37.5 Å². The van der Waals surface area contributed by atoms with Crippen LogP contribution in [0.15, 0.2) is 82.6 Å². The van der Waals surface area contributed by atoms with E-state index >= 15 is 0 Å². The van der Waals surface area contributed by atoms with Crippen molar-refractivity contribution in [3.05, 3.63) is 89.6 Å². The zero-order chi connectivity index (χ0) is 34.5. The smallest absolute Gasteiger partial charge is 0.328 e. The lowest BCUT2D eigenvalue weighted by molar-refractivity contribution is -0.134. The van der Waals surface area contributed by atoms with Crippen molar-refractivity contribution >= 4 is 34.6 Å². The molecule has 1 heterocycles. The minimum Gasteiger partial charge on any atom is -0.494 e. The Morgan fingerprint density at radius 3 is 2.19 bits per heavy atom. The van der Waals surface area contributed by atoms with E-state index in [-0.39, 0.29) is 0 Å². The molecule has 0 amide bonds. The van der Waals surface area contributed by atoms with Gasteiger partial charge in [0.05, 0.1) is 20.8 Å². The maximum atomic E-state index is 9.55. The van der Waals surface area contributed by atoms with Crippen molar-refractivity contribution in [1.82, 2.24) is 9.47 Å². The number of methoxy groups -OCH3 is 2. The molecule has 0 aliphatic rings. The van der Waals surface area contributed by atoms with Crippen molar-refractivity contribution in [2.75, 3.05) is 41.0 Å². The van der Waals surface area contributed by atoms with Crippen LogP contribution in [0, 0.1) is 6.92 Å². The van der Waals surface area contributed by atoms with Gasteiger partial charge in [-0.15, -0.1) is 0 Å². The van der Waals surface area contributed by atoms with Crippen LogP contribution in [0.2, 0.25) is 0 Å². The summed E-state index contributed by atoms with van der Waals surface area (Å²) in [5.74, 6) is 0.403. The number of benzene rings is 3. The van der Waals surface area contributed by atoms with Crippen LogP contribution in [0.4, 0.5) is 0 Å². The number of carboxylic acid groups (broad SMARTS) is 2.